The van der Waals surface area contributed by atoms with Gasteiger partial charge >= 0.3 is 0 Å². The Kier molecular flexibility index (Phi) is 7.19. The number of aromatic nitrogens is 3. The minimum Gasteiger partial charge on any atom is -0.379 e. The molecular formula is C16H20ClN3O3. The quantitative estimate of drug-likeness (QED) is 0.657. The molecule has 23 heavy (non-hydrogen) atoms. The van der Waals surface area contributed by atoms with Gasteiger partial charge in [-0.25, -0.2) is 4.68 Å². The Morgan fingerprint density at radius 1 is 1.04 bits per heavy atom. The summed E-state index contributed by atoms with van der Waals surface area (Å²) in [5, 5.41) is 4.86. The van der Waals surface area contributed by atoms with Crippen molar-refractivity contribution in [3.05, 3.63) is 45.8 Å². The fourth-order valence-electron chi connectivity index (χ4n) is 1.89. The lowest BCUT2D eigenvalue weighted by Gasteiger charge is -2.08. The summed E-state index contributed by atoms with van der Waals surface area (Å²) in [7, 11) is 0. The van der Waals surface area contributed by atoms with E-state index < -0.39 is 0 Å². The number of rotatable bonds is 9. The average Bonchev–Trinajstić information content (AvgIpc) is 2.56. The van der Waals surface area contributed by atoms with Crippen LogP contribution in [0, 0.1) is 0 Å². The summed E-state index contributed by atoms with van der Waals surface area (Å²) in [6.45, 7) is 4.65. The number of hydrogen-bond donors (Lipinski definition) is 0. The molecular weight excluding hydrogens is 318 g/mol. The van der Waals surface area contributed by atoms with Crippen LogP contribution in [0.15, 0.2) is 35.3 Å². The summed E-state index contributed by atoms with van der Waals surface area (Å²) >= 11 is 5.82. The van der Waals surface area contributed by atoms with Crippen molar-refractivity contribution in [1.82, 2.24) is 14.8 Å². The molecule has 0 aromatic carbocycles. The second-order valence-corrected chi connectivity index (χ2v) is 5.30. The molecule has 2 heterocycles. The third-order valence-electron chi connectivity index (χ3n) is 3.02. The van der Waals surface area contributed by atoms with E-state index in [1.54, 1.807) is 24.4 Å². The Morgan fingerprint density at radius 3 is 2.48 bits per heavy atom. The molecule has 0 saturated heterocycles. The first-order valence-electron chi connectivity index (χ1n) is 7.56. The van der Waals surface area contributed by atoms with Crippen molar-refractivity contribution >= 4 is 11.6 Å². The van der Waals surface area contributed by atoms with Gasteiger partial charge < -0.3 is 9.47 Å². The molecule has 0 N–H and O–H groups in total. The Bertz CT molecular complexity index is 658. The zero-order chi connectivity index (χ0) is 16.5. The van der Waals surface area contributed by atoms with E-state index in [1.807, 2.05) is 0 Å². The lowest BCUT2D eigenvalue weighted by molar-refractivity contribution is 0.0439. The molecule has 0 aliphatic carbocycles. The third kappa shape index (κ3) is 5.74. The minimum atomic E-state index is -0.173. The van der Waals surface area contributed by atoms with Gasteiger partial charge in [0.05, 0.1) is 37.1 Å². The maximum absolute atomic E-state index is 11.8. The highest BCUT2D eigenvalue weighted by Crippen LogP contribution is 2.14. The monoisotopic (exact) mass is 337 g/mol. The van der Waals surface area contributed by atoms with Crippen LogP contribution in [0.4, 0.5) is 0 Å². The molecule has 0 fully saturated rings. The van der Waals surface area contributed by atoms with E-state index in [2.05, 4.69) is 17.0 Å². The van der Waals surface area contributed by atoms with E-state index in [0.717, 1.165) is 13.0 Å². The van der Waals surface area contributed by atoms with E-state index in [4.69, 9.17) is 21.1 Å². The van der Waals surface area contributed by atoms with Crippen molar-refractivity contribution in [3.8, 4) is 11.4 Å². The van der Waals surface area contributed by atoms with Crippen LogP contribution in [0.25, 0.3) is 11.4 Å². The van der Waals surface area contributed by atoms with Crippen LogP contribution in [0.2, 0.25) is 5.02 Å². The zero-order valence-corrected chi connectivity index (χ0v) is 13.8. The summed E-state index contributed by atoms with van der Waals surface area (Å²) < 4.78 is 12.1. The van der Waals surface area contributed by atoms with Gasteiger partial charge in [0.25, 0.3) is 5.56 Å². The molecule has 0 atom stereocenters. The number of hydrogen-bond acceptors (Lipinski definition) is 5. The zero-order valence-electron chi connectivity index (χ0n) is 13.1. The second kappa shape index (κ2) is 9.39. The Hall–Kier alpha value is -1.76. The highest BCUT2D eigenvalue weighted by Gasteiger charge is 2.05. The van der Waals surface area contributed by atoms with Crippen LogP contribution in [0.3, 0.4) is 0 Å². The summed E-state index contributed by atoms with van der Waals surface area (Å²) in [5.74, 6) is 0. The fraction of sp³-hybridized carbons (Fsp3) is 0.438. The SMILES string of the molecule is CCCOCCOCCn1nc(-c2ccc(Cl)cn2)ccc1=O. The first-order chi connectivity index (χ1) is 11.2. The molecule has 0 spiro atoms. The van der Waals surface area contributed by atoms with Crippen LogP contribution in [0.1, 0.15) is 13.3 Å². The van der Waals surface area contributed by atoms with Gasteiger partial charge in [0.15, 0.2) is 0 Å². The standard InChI is InChI=1S/C16H20ClN3O3/c1-2-8-22-10-11-23-9-7-20-16(21)6-5-15(19-20)14-4-3-13(17)12-18-14/h3-6,12H,2,7-11H2,1H3. The number of ether oxygens (including phenoxy) is 2. The maximum Gasteiger partial charge on any atom is 0.266 e. The lowest BCUT2D eigenvalue weighted by Crippen LogP contribution is -2.25. The molecule has 0 radical (unpaired) electrons. The number of halogens is 1. The number of nitrogens with zero attached hydrogens (tertiary/aromatic N) is 3. The minimum absolute atomic E-state index is 0.173. The van der Waals surface area contributed by atoms with Crippen molar-refractivity contribution in [3.63, 3.8) is 0 Å². The van der Waals surface area contributed by atoms with Crippen LogP contribution in [-0.2, 0) is 16.0 Å². The van der Waals surface area contributed by atoms with Gasteiger partial charge in [0.2, 0.25) is 0 Å². The topological polar surface area (TPSA) is 66.2 Å². The Morgan fingerprint density at radius 2 is 1.78 bits per heavy atom. The lowest BCUT2D eigenvalue weighted by atomic mass is 10.2. The highest BCUT2D eigenvalue weighted by molar-refractivity contribution is 6.30. The molecule has 0 aliphatic heterocycles. The fourth-order valence-corrected chi connectivity index (χ4v) is 2.00. The van der Waals surface area contributed by atoms with Crippen LogP contribution >= 0.6 is 11.6 Å². The van der Waals surface area contributed by atoms with E-state index in [1.165, 1.54) is 10.7 Å². The summed E-state index contributed by atoms with van der Waals surface area (Å²) in [5.41, 5.74) is 1.11. The van der Waals surface area contributed by atoms with Gasteiger partial charge in [-0.05, 0) is 24.6 Å². The normalized spacial score (nSPS) is 10.9. The van der Waals surface area contributed by atoms with Gasteiger partial charge in [-0.2, -0.15) is 5.10 Å². The van der Waals surface area contributed by atoms with Crippen molar-refractivity contribution in [2.24, 2.45) is 0 Å². The first kappa shape index (κ1) is 17.6. The molecule has 0 amide bonds. The maximum atomic E-state index is 11.8. The molecule has 2 rings (SSSR count). The molecule has 124 valence electrons. The van der Waals surface area contributed by atoms with Crippen LogP contribution in [0.5, 0.6) is 0 Å². The van der Waals surface area contributed by atoms with E-state index in [-0.39, 0.29) is 5.56 Å². The van der Waals surface area contributed by atoms with Gasteiger partial charge in [0, 0.05) is 18.9 Å². The van der Waals surface area contributed by atoms with E-state index >= 15 is 0 Å². The molecule has 0 aliphatic rings. The second-order valence-electron chi connectivity index (χ2n) is 4.87. The van der Waals surface area contributed by atoms with Crippen LogP contribution in [-0.4, -0.2) is 41.2 Å². The predicted octanol–water partition coefficient (Wildman–Crippen LogP) is 2.40. The summed E-state index contributed by atoms with van der Waals surface area (Å²) in [6.07, 6.45) is 2.54. The van der Waals surface area contributed by atoms with Crippen molar-refractivity contribution in [2.75, 3.05) is 26.4 Å². The van der Waals surface area contributed by atoms with E-state index in [9.17, 15) is 4.79 Å². The summed E-state index contributed by atoms with van der Waals surface area (Å²) in [4.78, 5) is 16.0. The predicted molar refractivity (Wildman–Crippen MR) is 88.7 cm³/mol. The van der Waals surface area contributed by atoms with Crippen molar-refractivity contribution < 1.29 is 9.47 Å². The first-order valence-corrected chi connectivity index (χ1v) is 7.94. The van der Waals surface area contributed by atoms with Crippen molar-refractivity contribution in [1.29, 1.82) is 0 Å². The van der Waals surface area contributed by atoms with Crippen LogP contribution < -0.4 is 5.56 Å². The van der Waals surface area contributed by atoms with Gasteiger partial charge in [-0.15, -0.1) is 0 Å². The molecule has 0 unspecified atom stereocenters. The van der Waals surface area contributed by atoms with Crippen molar-refractivity contribution in [2.45, 2.75) is 19.9 Å². The number of pyridine rings is 1. The average molecular weight is 338 g/mol. The Balaban J connectivity index is 1.90. The molecule has 2 aromatic heterocycles. The van der Waals surface area contributed by atoms with Gasteiger partial charge in [0.1, 0.15) is 5.69 Å². The largest absolute Gasteiger partial charge is 0.379 e. The smallest absolute Gasteiger partial charge is 0.266 e. The van der Waals surface area contributed by atoms with Gasteiger partial charge in [-0.3, -0.25) is 9.78 Å². The molecule has 6 nitrogen and oxygen atoms in total. The van der Waals surface area contributed by atoms with Gasteiger partial charge in [-0.1, -0.05) is 18.5 Å². The third-order valence-corrected chi connectivity index (χ3v) is 3.25. The molecule has 0 saturated carbocycles. The van der Waals surface area contributed by atoms with E-state index in [0.29, 0.717) is 42.8 Å². The Labute approximate surface area is 140 Å². The molecule has 7 heteroatoms. The summed E-state index contributed by atoms with van der Waals surface area (Å²) in [6, 6.07) is 6.62. The molecule has 2 aromatic rings. The molecule has 0 bridgehead atoms. The highest BCUT2D eigenvalue weighted by atomic mass is 35.5.